The van der Waals surface area contributed by atoms with Crippen LogP contribution < -0.4 is 0 Å². The number of carbonyl (C=O) groups is 1. The Hall–Kier alpha value is -1.12. The lowest BCUT2D eigenvalue weighted by Crippen LogP contribution is -2.06. The van der Waals surface area contributed by atoms with Crippen LogP contribution >= 0.6 is 0 Å². The molecule has 0 aromatic rings. The highest BCUT2D eigenvalue weighted by Crippen LogP contribution is 2.20. The van der Waals surface area contributed by atoms with Crippen LogP contribution in [-0.4, -0.2) is 12.6 Å². The number of halogens is 1. The van der Waals surface area contributed by atoms with Gasteiger partial charge in [-0.25, -0.2) is 9.18 Å². The Morgan fingerprint density at radius 1 is 1.82 bits per heavy atom. The molecule has 0 bridgehead atoms. The molecule has 1 aliphatic rings. The SMILES string of the molecule is CCOC(=O)C1=C(F)C=CC1. The zero-order valence-corrected chi connectivity index (χ0v) is 6.26. The third kappa shape index (κ3) is 1.67. The van der Waals surface area contributed by atoms with Gasteiger partial charge in [0.15, 0.2) is 0 Å². The fourth-order valence-electron chi connectivity index (χ4n) is 0.877. The van der Waals surface area contributed by atoms with Gasteiger partial charge in [-0.1, -0.05) is 6.08 Å². The first kappa shape index (κ1) is 7.98. The summed E-state index contributed by atoms with van der Waals surface area (Å²) in [7, 11) is 0. The Labute approximate surface area is 64.3 Å². The van der Waals surface area contributed by atoms with Gasteiger partial charge >= 0.3 is 5.97 Å². The topological polar surface area (TPSA) is 26.3 Å². The Morgan fingerprint density at radius 2 is 2.55 bits per heavy atom. The van der Waals surface area contributed by atoms with Crippen molar-refractivity contribution in [1.29, 1.82) is 0 Å². The molecule has 1 aliphatic carbocycles. The molecule has 0 N–H and O–H groups in total. The molecular formula is C8H9FO2. The molecule has 0 radical (unpaired) electrons. The molecule has 0 atom stereocenters. The number of esters is 1. The summed E-state index contributed by atoms with van der Waals surface area (Å²) in [5, 5.41) is 0. The fourth-order valence-corrected chi connectivity index (χ4v) is 0.877. The van der Waals surface area contributed by atoms with Crippen molar-refractivity contribution >= 4 is 5.97 Å². The average molecular weight is 156 g/mol. The molecule has 0 aromatic carbocycles. The smallest absolute Gasteiger partial charge is 0.337 e. The van der Waals surface area contributed by atoms with E-state index in [-0.39, 0.29) is 12.2 Å². The molecule has 0 spiro atoms. The third-order valence-corrected chi connectivity index (χ3v) is 1.40. The molecule has 0 saturated carbocycles. The number of ether oxygens (including phenoxy) is 1. The van der Waals surface area contributed by atoms with Gasteiger partial charge in [-0.2, -0.15) is 0 Å². The van der Waals surface area contributed by atoms with E-state index in [0.29, 0.717) is 6.42 Å². The van der Waals surface area contributed by atoms with E-state index in [2.05, 4.69) is 4.74 Å². The van der Waals surface area contributed by atoms with E-state index >= 15 is 0 Å². The maximum Gasteiger partial charge on any atom is 0.337 e. The van der Waals surface area contributed by atoms with Crippen molar-refractivity contribution in [2.45, 2.75) is 13.3 Å². The van der Waals surface area contributed by atoms with E-state index in [9.17, 15) is 9.18 Å². The van der Waals surface area contributed by atoms with Crippen molar-refractivity contribution in [3.63, 3.8) is 0 Å². The Kier molecular flexibility index (Phi) is 2.41. The first-order valence-electron chi connectivity index (χ1n) is 3.48. The van der Waals surface area contributed by atoms with Crippen LogP contribution in [0.15, 0.2) is 23.6 Å². The summed E-state index contributed by atoms with van der Waals surface area (Å²) < 4.78 is 17.3. The number of hydrogen-bond acceptors (Lipinski definition) is 2. The molecule has 0 heterocycles. The standard InChI is InChI=1S/C8H9FO2/c1-2-11-8(10)6-4-3-5-7(6)9/h3,5H,2,4H2,1H3. The maximum atomic E-state index is 12.7. The molecule has 2 nitrogen and oxygen atoms in total. The van der Waals surface area contributed by atoms with E-state index < -0.39 is 11.8 Å². The molecule has 11 heavy (non-hydrogen) atoms. The van der Waals surface area contributed by atoms with Crippen LogP contribution in [0.5, 0.6) is 0 Å². The highest BCUT2D eigenvalue weighted by atomic mass is 19.1. The Bertz CT molecular complexity index is 228. The van der Waals surface area contributed by atoms with Crippen molar-refractivity contribution in [3.05, 3.63) is 23.6 Å². The normalized spacial score (nSPS) is 15.8. The van der Waals surface area contributed by atoms with E-state index in [1.54, 1.807) is 13.0 Å². The molecule has 0 unspecified atom stereocenters. The van der Waals surface area contributed by atoms with Crippen LogP contribution in [0.2, 0.25) is 0 Å². The van der Waals surface area contributed by atoms with Gasteiger partial charge in [0.25, 0.3) is 0 Å². The molecule has 1 rings (SSSR count). The Morgan fingerprint density at radius 3 is 3.00 bits per heavy atom. The molecule has 0 fully saturated rings. The summed E-state index contributed by atoms with van der Waals surface area (Å²) in [6.45, 7) is 1.98. The second kappa shape index (κ2) is 3.32. The summed E-state index contributed by atoms with van der Waals surface area (Å²) in [6, 6.07) is 0. The number of allylic oxidation sites excluding steroid dienone is 3. The number of hydrogen-bond donors (Lipinski definition) is 0. The van der Waals surface area contributed by atoms with Crippen LogP contribution in [0, 0.1) is 0 Å². The quantitative estimate of drug-likeness (QED) is 0.569. The molecule has 0 saturated heterocycles. The summed E-state index contributed by atoms with van der Waals surface area (Å²) in [6.07, 6.45) is 3.23. The maximum absolute atomic E-state index is 12.7. The van der Waals surface area contributed by atoms with Crippen molar-refractivity contribution < 1.29 is 13.9 Å². The van der Waals surface area contributed by atoms with E-state index in [0.717, 1.165) is 0 Å². The van der Waals surface area contributed by atoms with Crippen molar-refractivity contribution in [1.82, 2.24) is 0 Å². The molecule has 0 aliphatic heterocycles. The highest BCUT2D eigenvalue weighted by Gasteiger charge is 2.17. The second-order valence-corrected chi connectivity index (χ2v) is 2.15. The zero-order valence-electron chi connectivity index (χ0n) is 6.26. The van der Waals surface area contributed by atoms with Gasteiger partial charge in [0.1, 0.15) is 5.83 Å². The monoisotopic (exact) mass is 156 g/mol. The number of rotatable bonds is 2. The minimum atomic E-state index is -0.546. The lowest BCUT2D eigenvalue weighted by Gasteiger charge is -2.00. The summed E-state index contributed by atoms with van der Waals surface area (Å²) in [4.78, 5) is 10.9. The average Bonchev–Trinajstić information content (AvgIpc) is 2.36. The Balaban J connectivity index is 2.62. The second-order valence-electron chi connectivity index (χ2n) is 2.15. The van der Waals surface area contributed by atoms with Crippen LogP contribution in [0.4, 0.5) is 4.39 Å². The van der Waals surface area contributed by atoms with E-state index in [1.165, 1.54) is 6.08 Å². The van der Waals surface area contributed by atoms with Gasteiger partial charge in [0.2, 0.25) is 0 Å². The zero-order chi connectivity index (χ0) is 8.27. The van der Waals surface area contributed by atoms with E-state index in [4.69, 9.17) is 0 Å². The third-order valence-electron chi connectivity index (χ3n) is 1.40. The van der Waals surface area contributed by atoms with Crippen molar-refractivity contribution in [2.75, 3.05) is 6.61 Å². The van der Waals surface area contributed by atoms with Gasteiger partial charge < -0.3 is 4.74 Å². The van der Waals surface area contributed by atoms with Crippen LogP contribution in [-0.2, 0) is 9.53 Å². The van der Waals surface area contributed by atoms with Gasteiger partial charge in [-0.05, 0) is 13.0 Å². The van der Waals surface area contributed by atoms with Gasteiger partial charge in [-0.3, -0.25) is 0 Å². The summed E-state index contributed by atoms with van der Waals surface area (Å²) in [5.74, 6) is -1.02. The largest absolute Gasteiger partial charge is 0.463 e. The summed E-state index contributed by atoms with van der Waals surface area (Å²) in [5.41, 5.74) is 0.131. The first-order chi connectivity index (χ1) is 5.25. The highest BCUT2D eigenvalue weighted by molar-refractivity contribution is 5.90. The predicted octanol–water partition coefficient (Wildman–Crippen LogP) is 1.73. The lowest BCUT2D eigenvalue weighted by atomic mass is 10.2. The molecule has 3 heteroatoms. The predicted molar refractivity (Wildman–Crippen MR) is 38.5 cm³/mol. The van der Waals surface area contributed by atoms with E-state index in [1.807, 2.05) is 0 Å². The fraction of sp³-hybridized carbons (Fsp3) is 0.375. The van der Waals surface area contributed by atoms with Gasteiger partial charge in [0.05, 0.1) is 12.2 Å². The molecule has 60 valence electrons. The van der Waals surface area contributed by atoms with Crippen molar-refractivity contribution in [3.8, 4) is 0 Å². The molecule has 0 aromatic heterocycles. The molecule has 0 amide bonds. The van der Waals surface area contributed by atoms with Crippen molar-refractivity contribution in [2.24, 2.45) is 0 Å². The first-order valence-corrected chi connectivity index (χ1v) is 3.48. The molecular weight excluding hydrogens is 147 g/mol. The minimum Gasteiger partial charge on any atom is -0.463 e. The van der Waals surface area contributed by atoms with Crippen LogP contribution in [0.3, 0.4) is 0 Å². The van der Waals surface area contributed by atoms with Crippen LogP contribution in [0.25, 0.3) is 0 Å². The van der Waals surface area contributed by atoms with Crippen LogP contribution in [0.1, 0.15) is 13.3 Å². The van der Waals surface area contributed by atoms with Gasteiger partial charge in [0, 0.05) is 6.42 Å². The summed E-state index contributed by atoms with van der Waals surface area (Å²) >= 11 is 0. The number of carbonyl (C=O) groups excluding carboxylic acids is 1. The van der Waals surface area contributed by atoms with Gasteiger partial charge in [-0.15, -0.1) is 0 Å². The minimum absolute atomic E-state index is 0.131. The lowest BCUT2D eigenvalue weighted by molar-refractivity contribution is -0.138.